The van der Waals surface area contributed by atoms with E-state index in [1.165, 1.54) is 0 Å². The Morgan fingerprint density at radius 2 is 1.90 bits per heavy atom. The minimum Gasteiger partial charge on any atom is -0.485 e. The summed E-state index contributed by atoms with van der Waals surface area (Å²) in [5.41, 5.74) is -0.112. The van der Waals surface area contributed by atoms with Crippen molar-refractivity contribution >= 4 is 5.91 Å². The first-order chi connectivity index (χ1) is 13.8. The van der Waals surface area contributed by atoms with Gasteiger partial charge in [-0.1, -0.05) is 12.1 Å². The molecule has 7 heteroatoms. The van der Waals surface area contributed by atoms with Gasteiger partial charge in [-0.2, -0.15) is 0 Å². The number of benzene rings is 1. The summed E-state index contributed by atoms with van der Waals surface area (Å²) in [5.74, 6) is 1.34. The topological polar surface area (TPSA) is 72.2 Å². The number of piperazine rings is 1. The number of hydrogen-bond acceptors (Lipinski definition) is 6. The van der Waals surface area contributed by atoms with Crippen molar-refractivity contribution in [2.24, 2.45) is 0 Å². The maximum atomic E-state index is 13.1. The van der Waals surface area contributed by atoms with Crippen LogP contribution in [0.3, 0.4) is 0 Å². The van der Waals surface area contributed by atoms with Gasteiger partial charge in [-0.05, 0) is 51.6 Å². The predicted molar refractivity (Wildman–Crippen MR) is 108 cm³/mol. The van der Waals surface area contributed by atoms with Gasteiger partial charge in [0.05, 0.1) is 0 Å². The first kappa shape index (κ1) is 19.5. The summed E-state index contributed by atoms with van der Waals surface area (Å²) < 4.78 is 17.1. The summed E-state index contributed by atoms with van der Waals surface area (Å²) in [7, 11) is 2.04. The molecule has 4 rings (SSSR count). The van der Waals surface area contributed by atoms with E-state index in [0.29, 0.717) is 35.9 Å². The van der Waals surface area contributed by atoms with Crippen LogP contribution < -0.4 is 15.1 Å². The van der Waals surface area contributed by atoms with Crippen molar-refractivity contribution in [2.75, 3.05) is 33.3 Å². The Hall–Kier alpha value is -2.80. The standard InChI is InChI=1S/C22H26N2O5/c1-14-11-17(18-12-27-15-7-5-6-8-16(15)28-18)29-21(26)19(14)20(25)24-10-9-23(4)22(2,3)13-24/h5-8,11,18H,9-10,12-13H2,1-4H3. The molecule has 7 nitrogen and oxygen atoms in total. The number of carbonyl (C=O) groups excluding carboxylic acids is 1. The van der Waals surface area contributed by atoms with Crippen LogP contribution in [0.1, 0.15) is 41.6 Å². The number of fused-ring (bicyclic) bond motifs is 1. The van der Waals surface area contributed by atoms with E-state index in [0.717, 1.165) is 6.54 Å². The van der Waals surface area contributed by atoms with Crippen LogP contribution in [0.4, 0.5) is 0 Å². The van der Waals surface area contributed by atoms with Crippen molar-refractivity contribution in [1.29, 1.82) is 0 Å². The normalized spacial score (nSPS) is 21.1. The number of carbonyl (C=O) groups is 1. The number of hydrogen-bond donors (Lipinski definition) is 0. The zero-order valence-electron chi connectivity index (χ0n) is 17.2. The molecule has 1 amide bonds. The van der Waals surface area contributed by atoms with Gasteiger partial charge in [-0.15, -0.1) is 0 Å². The minimum absolute atomic E-state index is 0.0891. The van der Waals surface area contributed by atoms with Gasteiger partial charge >= 0.3 is 5.63 Å². The lowest BCUT2D eigenvalue weighted by atomic mass is 9.98. The Labute approximate surface area is 169 Å². The van der Waals surface area contributed by atoms with Crippen LogP contribution in [-0.2, 0) is 0 Å². The summed E-state index contributed by atoms with van der Waals surface area (Å²) in [4.78, 5) is 29.8. The lowest BCUT2D eigenvalue weighted by Gasteiger charge is -2.45. The van der Waals surface area contributed by atoms with Crippen LogP contribution in [0.5, 0.6) is 11.5 Å². The minimum atomic E-state index is -0.635. The maximum Gasteiger partial charge on any atom is 0.349 e. The summed E-state index contributed by atoms with van der Waals surface area (Å²) >= 11 is 0. The van der Waals surface area contributed by atoms with Crippen LogP contribution in [-0.4, -0.2) is 54.5 Å². The van der Waals surface area contributed by atoms with Gasteiger partial charge in [0.2, 0.25) is 0 Å². The number of ether oxygens (including phenoxy) is 2. The van der Waals surface area contributed by atoms with Crippen molar-refractivity contribution < 1.29 is 18.7 Å². The third-order valence-corrected chi connectivity index (χ3v) is 5.81. The Balaban J connectivity index is 1.58. The molecule has 3 heterocycles. The highest BCUT2D eigenvalue weighted by molar-refractivity contribution is 5.95. The molecule has 0 saturated carbocycles. The molecule has 0 bridgehead atoms. The number of para-hydroxylation sites is 2. The second-order valence-corrected chi connectivity index (χ2v) is 8.32. The molecule has 2 aromatic rings. The van der Waals surface area contributed by atoms with E-state index in [1.807, 2.05) is 25.2 Å². The summed E-state index contributed by atoms with van der Waals surface area (Å²) in [5, 5.41) is 0. The fourth-order valence-corrected chi connectivity index (χ4v) is 3.78. The quantitative estimate of drug-likeness (QED) is 0.774. The molecule has 0 radical (unpaired) electrons. The lowest BCUT2D eigenvalue weighted by molar-refractivity contribution is 0.0305. The molecule has 0 N–H and O–H groups in total. The van der Waals surface area contributed by atoms with Crippen LogP contribution in [0.2, 0.25) is 0 Å². The van der Waals surface area contributed by atoms with E-state index in [-0.39, 0.29) is 23.6 Å². The average molecular weight is 398 g/mol. The first-order valence-electron chi connectivity index (χ1n) is 9.80. The number of rotatable bonds is 2. The highest BCUT2D eigenvalue weighted by atomic mass is 16.6. The highest BCUT2D eigenvalue weighted by Gasteiger charge is 2.35. The van der Waals surface area contributed by atoms with Gasteiger partial charge in [0.25, 0.3) is 5.91 Å². The van der Waals surface area contributed by atoms with Crippen molar-refractivity contribution in [2.45, 2.75) is 32.4 Å². The van der Waals surface area contributed by atoms with Gasteiger partial charge < -0.3 is 18.8 Å². The first-order valence-corrected chi connectivity index (χ1v) is 9.80. The molecular formula is C22H26N2O5. The van der Waals surface area contributed by atoms with Crippen molar-refractivity contribution in [3.8, 4) is 11.5 Å². The van der Waals surface area contributed by atoms with Crippen LogP contribution in [0.15, 0.2) is 39.5 Å². The average Bonchev–Trinajstić information content (AvgIpc) is 2.69. The van der Waals surface area contributed by atoms with E-state index >= 15 is 0 Å². The molecule has 29 heavy (non-hydrogen) atoms. The molecule has 1 atom stereocenters. The number of amides is 1. The van der Waals surface area contributed by atoms with E-state index in [1.54, 1.807) is 24.0 Å². The fraction of sp³-hybridized carbons (Fsp3) is 0.455. The second kappa shape index (κ2) is 7.22. The molecule has 2 aliphatic heterocycles. The molecule has 154 valence electrons. The van der Waals surface area contributed by atoms with Gasteiger partial charge in [0, 0.05) is 25.2 Å². The van der Waals surface area contributed by atoms with E-state index < -0.39 is 11.7 Å². The summed E-state index contributed by atoms with van der Waals surface area (Å²) in [6.07, 6.45) is -0.539. The molecule has 1 aromatic carbocycles. The van der Waals surface area contributed by atoms with Crippen LogP contribution in [0, 0.1) is 6.92 Å². The largest absolute Gasteiger partial charge is 0.485 e. The van der Waals surface area contributed by atoms with Crippen molar-refractivity contribution in [1.82, 2.24) is 9.80 Å². The Bertz CT molecular complexity index is 997. The highest BCUT2D eigenvalue weighted by Crippen LogP contribution is 2.36. The molecule has 1 unspecified atom stereocenters. The smallest absolute Gasteiger partial charge is 0.349 e. The SMILES string of the molecule is Cc1cc(C2COc3ccccc3O2)oc(=O)c1C(=O)N1CCN(C)C(C)(C)C1. The van der Waals surface area contributed by atoms with Crippen LogP contribution >= 0.6 is 0 Å². The van der Waals surface area contributed by atoms with Crippen molar-refractivity contribution in [3.05, 3.63) is 57.6 Å². The number of nitrogens with zero attached hydrogens (tertiary/aromatic N) is 2. The zero-order valence-corrected chi connectivity index (χ0v) is 17.2. The zero-order chi connectivity index (χ0) is 20.8. The molecule has 1 fully saturated rings. The Kier molecular flexibility index (Phi) is 4.86. The summed E-state index contributed by atoms with van der Waals surface area (Å²) in [6, 6.07) is 9.06. The molecule has 0 spiro atoms. The molecule has 0 aliphatic carbocycles. The van der Waals surface area contributed by atoms with Crippen LogP contribution in [0.25, 0.3) is 0 Å². The third kappa shape index (κ3) is 3.62. The summed E-state index contributed by atoms with van der Waals surface area (Å²) in [6.45, 7) is 8.06. The van der Waals surface area contributed by atoms with Gasteiger partial charge in [-0.25, -0.2) is 4.79 Å². The maximum absolute atomic E-state index is 13.1. The van der Waals surface area contributed by atoms with Gasteiger partial charge in [0.1, 0.15) is 12.2 Å². The van der Waals surface area contributed by atoms with E-state index in [2.05, 4.69) is 18.7 Å². The van der Waals surface area contributed by atoms with Crippen molar-refractivity contribution in [3.63, 3.8) is 0 Å². The molecule has 1 aromatic heterocycles. The van der Waals surface area contributed by atoms with E-state index in [4.69, 9.17) is 13.9 Å². The number of likely N-dealkylation sites (N-methyl/N-ethyl adjacent to an activating group) is 1. The molecule has 1 saturated heterocycles. The Morgan fingerprint density at radius 3 is 2.59 bits per heavy atom. The Morgan fingerprint density at radius 1 is 1.17 bits per heavy atom. The van der Waals surface area contributed by atoms with E-state index in [9.17, 15) is 9.59 Å². The molecular weight excluding hydrogens is 372 g/mol. The number of aryl methyl sites for hydroxylation is 1. The van der Waals surface area contributed by atoms with Gasteiger partial charge in [0.15, 0.2) is 23.4 Å². The molecule has 2 aliphatic rings. The van der Waals surface area contributed by atoms with Gasteiger partial charge in [-0.3, -0.25) is 9.69 Å². The monoisotopic (exact) mass is 398 g/mol. The predicted octanol–water partition coefficient (Wildman–Crippen LogP) is 2.63. The second-order valence-electron chi connectivity index (χ2n) is 8.32. The fourth-order valence-electron chi connectivity index (χ4n) is 3.78. The lowest BCUT2D eigenvalue weighted by Crippen LogP contribution is -2.59. The third-order valence-electron chi connectivity index (χ3n) is 5.81.